The molecule has 0 atom stereocenters. The summed E-state index contributed by atoms with van der Waals surface area (Å²) in [4.78, 5) is 11.4. The van der Waals surface area contributed by atoms with Crippen LogP contribution in [0.1, 0.15) is 19.5 Å². The van der Waals surface area contributed by atoms with Crippen LogP contribution >= 0.6 is 0 Å². The minimum Gasteiger partial charge on any atom is -0.346 e. The van der Waals surface area contributed by atoms with Crippen LogP contribution in [0.5, 0.6) is 0 Å². The average molecular weight is 224 g/mol. The van der Waals surface area contributed by atoms with Gasteiger partial charge in [0.25, 0.3) is 0 Å². The maximum absolute atomic E-state index is 9.10. The number of fused-ring (bicyclic) bond motifs is 1. The van der Waals surface area contributed by atoms with Gasteiger partial charge >= 0.3 is 0 Å². The number of hydrogen-bond acceptors (Lipinski definition) is 3. The number of H-pyrrole nitrogens is 1. The first kappa shape index (κ1) is 11.1. The third-order valence-electron chi connectivity index (χ3n) is 2.60. The molecule has 0 amide bonds. The van der Waals surface area contributed by atoms with E-state index >= 15 is 0 Å². The molecule has 2 aromatic rings. The molecular weight excluding hydrogens is 212 g/mol. The molecular formula is C13H12N4. The zero-order valence-corrected chi connectivity index (χ0v) is 9.73. The molecule has 0 aromatic carbocycles. The molecule has 0 radical (unpaired) electrons. The Morgan fingerprint density at radius 3 is 2.82 bits per heavy atom. The SMILES string of the molecule is C/C=C(C#N)\C(=C/C)c1ncnc2[nH]ccc12. The second-order valence-electron chi connectivity index (χ2n) is 3.48. The normalized spacial score (nSPS) is 12.8. The van der Waals surface area contributed by atoms with Crippen LogP contribution in [0.4, 0.5) is 0 Å². The van der Waals surface area contributed by atoms with Gasteiger partial charge in [0.1, 0.15) is 12.0 Å². The molecule has 84 valence electrons. The lowest BCUT2D eigenvalue weighted by Crippen LogP contribution is -1.94. The Morgan fingerprint density at radius 1 is 1.35 bits per heavy atom. The maximum atomic E-state index is 9.10. The lowest BCUT2D eigenvalue weighted by molar-refractivity contribution is 1.18. The third-order valence-corrected chi connectivity index (χ3v) is 2.60. The van der Waals surface area contributed by atoms with Crippen molar-refractivity contribution in [2.24, 2.45) is 0 Å². The van der Waals surface area contributed by atoms with Crippen LogP contribution in [0.2, 0.25) is 0 Å². The van der Waals surface area contributed by atoms with Crippen LogP contribution in [0.25, 0.3) is 16.6 Å². The highest BCUT2D eigenvalue weighted by Crippen LogP contribution is 2.26. The van der Waals surface area contributed by atoms with Gasteiger partial charge in [0.05, 0.1) is 17.3 Å². The van der Waals surface area contributed by atoms with Crippen LogP contribution in [0, 0.1) is 11.3 Å². The van der Waals surface area contributed by atoms with Gasteiger partial charge in [-0.1, -0.05) is 12.2 Å². The van der Waals surface area contributed by atoms with Gasteiger partial charge in [-0.3, -0.25) is 0 Å². The monoisotopic (exact) mass is 224 g/mol. The van der Waals surface area contributed by atoms with Gasteiger partial charge in [-0.2, -0.15) is 5.26 Å². The van der Waals surface area contributed by atoms with Gasteiger partial charge < -0.3 is 4.98 Å². The molecule has 1 N–H and O–H groups in total. The molecule has 2 rings (SSSR count). The molecule has 0 aliphatic rings. The number of aromatic amines is 1. The van der Waals surface area contributed by atoms with Crippen LogP contribution in [0.15, 0.2) is 36.3 Å². The Morgan fingerprint density at radius 2 is 2.18 bits per heavy atom. The Labute approximate surface area is 99.3 Å². The number of rotatable bonds is 2. The molecule has 0 saturated carbocycles. The minimum atomic E-state index is 0.619. The van der Waals surface area contributed by atoms with Crippen molar-refractivity contribution in [3.8, 4) is 6.07 Å². The van der Waals surface area contributed by atoms with E-state index in [4.69, 9.17) is 5.26 Å². The van der Waals surface area contributed by atoms with Crippen LogP contribution in [-0.2, 0) is 0 Å². The summed E-state index contributed by atoms with van der Waals surface area (Å²) >= 11 is 0. The predicted molar refractivity (Wildman–Crippen MR) is 66.9 cm³/mol. The molecule has 0 bridgehead atoms. The number of nitriles is 1. The summed E-state index contributed by atoms with van der Waals surface area (Å²) in [5.41, 5.74) is 3.02. The highest BCUT2D eigenvalue weighted by molar-refractivity contribution is 5.94. The molecule has 17 heavy (non-hydrogen) atoms. The number of hydrogen-bond donors (Lipinski definition) is 1. The standard InChI is InChI=1S/C13H12N4/c1-3-9(7-14)10(4-2)12-11-5-6-15-13(11)17-8-16-12/h3-6,8H,1-2H3,(H,15,16,17)/b9-3-,10-4+. The summed E-state index contributed by atoms with van der Waals surface area (Å²) < 4.78 is 0. The van der Waals surface area contributed by atoms with Crippen molar-refractivity contribution < 1.29 is 0 Å². The minimum absolute atomic E-state index is 0.619. The molecule has 0 fully saturated rings. The fourth-order valence-corrected chi connectivity index (χ4v) is 1.79. The third kappa shape index (κ3) is 1.83. The van der Waals surface area contributed by atoms with E-state index in [9.17, 15) is 0 Å². The van der Waals surface area contributed by atoms with E-state index in [2.05, 4.69) is 21.0 Å². The number of nitrogens with zero attached hydrogens (tertiary/aromatic N) is 3. The van der Waals surface area contributed by atoms with Crippen molar-refractivity contribution in [3.05, 3.63) is 42.0 Å². The summed E-state index contributed by atoms with van der Waals surface area (Å²) in [6, 6.07) is 4.10. The topological polar surface area (TPSA) is 65.4 Å². The Hall–Kier alpha value is -2.41. The van der Waals surface area contributed by atoms with Gasteiger partial charge in [0.15, 0.2) is 0 Å². The molecule has 0 spiro atoms. The Bertz CT molecular complexity index is 641. The van der Waals surface area contributed by atoms with E-state index in [1.54, 1.807) is 6.08 Å². The Kier molecular flexibility index (Phi) is 3.01. The zero-order chi connectivity index (χ0) is 12.3. The second-order valence-corrected chi connectivity index (χ2v) is 3.48. The first-order valence-electron chi connectivity index (χ1n) is 5.33. The largest absolute Gasteiger partial charge is 0.346 e. The second kappa shape index (κ2) is 4.62. The lowest BCUT2D eigenvalue weighted by atomic mass is 10.0. The van der Waals surface area contributed by atoms with Gasteiger partial charge in [-0.15, -0.1) is 0 Å². The molecule has 0 aliphatic heterocycles. The van der Waals surface area contributed by atoms with E-state index in [-0.39, 0.29) is 0 Å². The van der Waals surface area contributed by atoms with Crippen molar-refractivity contribution in [3.63, 3.8) is 0 Å². The van der Waals surface area contributed by atoms with Crippen molar-refractivity contribution in [1.29, 1.82) is 5.26 Å². The van der Waals surface area contributed by atoms with E-state index < -0.39 is 0 Å². The summed E-state index contributed by atoms with van der Waals surface area (Å²) in [5.74, 6) is 0. The molecule has 4 nitrogen and oxygen atoms in total. The lowest BCUT2D eigenvalue weighted by Gasteiger charge is -2.05. The average Bonchev–Trinajstić information content (AvgIpc) is 2.84. The molecule has 4 heteroatoms. The highest BCUT2D eigenvalue weighted by Gasteiger charge is 2.12. The Balaban J connectivity index is 2.68. The van der Waals surface area contributed by atoms with Crippen LogP contribution in [0.3, 0.4) is 0 Å². The maximum Gasteiger partial charge on any atom is 0.141 e. The first-order chi connectivity index (χ1) is 8.31. The van der Waals surface area contributed by atoms with Crippen LogP contribution in [-0.4, -0.2) is 15.0 Å². The van der Waals surface area contributed by atoms with E-state index in [0.29, 0.717) is 5.57 Å². The van der Waals surface area contributed by atoms with Gasteiger partial charge in [0.2, 0.25) is 0 Å². The first-order valence-corrected chi connectivity index (χ1v) is 5.33. The van der Waals surface area contributed by atoms with Crippen LogP contribution < -0.4 is 0 Å². The summed E-state index contributed by atoms with van der Waals surface area (Å²) in [5, 5.41) is 10.0. The van der Waals surface area contributed by atoms with E-state index in [1.165, 1.54) is 6.33 Å². The number of allylic oxidation sites excluding steroid dienone is 4. The fourth-order valence-electron chi connectivity index (χ4n) is 1.79. The summed E-state index contributed by atoms with van der Waals surface area (Å²) in [6.45, 7) is 3.74. The van der Waals surface area contributed by atoms with Crippen molar-refractivity contribution >= 4 is 16.6 Å². The molecule has 2 heterocycles. The molecule has 0 aliphatic carbocycles. The molecule has 0 saturated heterocycles. The smallest absolute Gasteiger partial charge is 0.141 e. The van der Waals surface area contributed by atoms with Gasteiger partial charge in [0, 0.05) is 17.2 Å². The number of aromatic nitrogens is 3. The summed E-state index contributed by atoms with van der Waals surface area (Å²) in [6.07, 6.45) is 7.00. The van der Waals surface area contributed by atoms with Gasteiger partial charge in [-0.05, 0) is 19.9 Å². The van der Waals surface area contributed by atoms with Crippen molar-refractivity contribution in [2.45, 2.75) is 13.8 Å². The molecule has 2 aromatic heterocycles. The van der Waals surface area contributed by atoms with E-state index in [0.717, 1.165) is 22.3 Å². The quantitative estimate of drug-likeness (QED) is 0.630. The zero-order valence-electron chi connectivity index (χ0n) is 9.73. The summed E-state index contributed by atoms with van der Waals surface area (Å²) in [7, 11) is 0. The van der Waals surface area contributed by atoms with Gasteiger partial charge in [-0.25, -0.2) is 9.97 Å². The fraction of sp³-hybridized carbons (Fsp3) is 0.154. The van der Waals surface area contributed by atoms with Crippen molar-refractivity contribution in [1.82, 2.24) is 15.0 Å². The van der Waals surface area contributed by atoms with E-state index in [1.807, 2.05) is 32.2 Å². The van der Waals surface area contributed by atoms with Crippen molar-refractivity contribution in [2.75, 3.05) is 0 Å². The molecule has 0 unspecified atom stereocenters. The predicted octanol–water partition coefficient (Wildman–Crippen LogP) is 2.83. The highest BCUT2D eigenvalue weighted by atomic mass is 14.9. The number of nitrogens with one attached hydrogen (secondary N) is 1.